The van der Waals surface area contributed by atoms with Gasteiger partial charge in [-0.05, 0) is 63.1 Å². The summed E-state index contributed by atoms with van der Waals surface area (Å²) in [5, 5.41) is 4.46. The molecule has 0 bridgehead atoms. The third-order valence-electron chi connectivity index (χ3n) is 5.49. The first-order valence-electron chi connectivity index (χ1n) is 10.7. The molecule has 2 aromatic heterocycles. The molecule has 0 spiro atoms. The van der Waals surface area contributed by atoms with Gasteiger partial charge >= 0.3 is 0 Å². The summed E-state index contributed by atoms with van der Waals surface area (Å²) in [7, 11) is 0. The van der Waals surface area contributed by atoms with Crippen LogP contribution in [0.4, 0.5) is 10.2 Å². The first kappa shape index (κ1) is 21.2. The second-order valence-corrected chi connectivity index (χ2v) is 8.42. The highest BCUT2D eigenvalue weighted by Gasteiger charge is 2.23. The maximum atomic E-state index is 14.9. The summed E-state index contributed by atoms with van der Waals surface area (Å²) < 4.78 is 22.5. The summed E-state index contributed by atoms with van der Waals surface area (Å²) in [6.45, 7) is 10.4. The zero-order chi connectivity index (χ0) is 22.0. The fourth-order valence-electron chi connectivity index (χ4n) is 3.91. The van der Waals surface area contributed by atoms with Crippen LogP contribution in [0, 0.1) is 13.8 Å². The monoisotopic (exact) mass is 420 g/mol. The van der Waals surface area contributed by atoms with Crippen molar-refractivity contribution in [2.45, 2.75) is 46.4 Å². The van der Waals surface area contributed by atoms with Gasteiger partial charge in [0.05, 0.1) is 18.8 Å². The van der Waals surface area contributed by atoms with Crippen LogP contribution in [0.2, 0.25) is 0 Å². The van der Waals surface area contributed by atoms with Gasteiger partial charge in [0.1, 0.15) is 11.5 Å². The minimum atomic E-state index is -0.367. The predicted molar refractivity (Wildman–Crippen MR) is 123 cm³/mol. The molecular weight excluding hydrogens is 391 g/mol. The highest BCUT2D eigenvalue weighted by Crippen LogP contribution is 2.22. The number of hydrogen-bond donors (Lipinski definition) is 0. The van der Waals surface area contributed by atoms with Gasteiger partial charge in [0.15, 0.2) is 5.83 Å². The van der Waals surface area contributed by atoms with Crippen LogP contribution in [-0.4, -0.2) is 40.1 Å². The van der Waals surface area contributed by atoms with E-state index in [0.29, 0.717) is 17.8 Å². The number of anilines is 1. The van der Waals surface area contributed by atoms with Gasteiger partial charge in [-0.3, -0.25) is 4.68 Å². The van der Waals surface area contributed by atoms with E-state index in [0.717, 1.165) is 30.2 Å². The highest BCUT2D eigenvalue weighted by molar-refractivity contribution is 5.75. The minimum Gasteiger partial charge on any atom is -0.372 e. The van der Waals surface area contributed by atoms with Crippen molar-refractivity contribution >= 4 is 17.7 Å². The second kappa shape index (κ2) is 9.02. The number of rotatable bonds is 5. The Bertz CT molecular complexity index is 1050. The van der Waals surface area contributed by atoms with Crippen molar-refractivity contribution in [3.8, 4) is 0 Å². The molecule has 3 aromatic rings. The van der Waals surface area contributed by atoms with Gasteiger partial charge in [-0.1, -0.05) is 29.8 Å². The maximum Gasteiger partial charge on any atom is 0.151 e. The van der Waals surface area contributed by atoms with Crippen LogP contribution >= 0.6 is 0 Å². The predicted octanol–water partition coefficient (Wildman–Crippen LogP) is 5.02. The Morgan fingerprint density at radius 1 is 1.10 bits per heavy atom. The fraction of sp³-hybridized carbons (Fsp3) is 0.360. The van der Waals surface area contributed by atoms with Crippen LogP contribution in [-0.2, 0) is 11.3 Å². The third-order valence-corrected chi connectivity index (χ3v) is 5.49. The van der Waals surface area contributed by atoms with E-state index in [9.17, 15) is 4.39 Å². The average molecular weight is 421 g/mol. The Morgan fingerprint density at radius 3 is 2.45 bits per heavy atom. The Morgan fingerprint density at radius 2 is 1.81 bits per heavy atom. The van der Waals surface area contributed by atoms with Gasteiger partial charge in [-0.2, -0.15) is 5.10 Å². The molecule has 0 saturated carbocycles. The topological polar surface area (TPSA) is 43.2 Å². The van der Waals surface area contributed by atoms with E-state index in [1.807, 2.05) is 23.7 Å². The van der Waals surface area contributed by atoms with E-state index in [4.69, 9.17) is 4.74 Å². The fourth-order valence-corrected chi connectivity index (χ4v) is 3.91. The molecule has 5 nitrogen and oxygen atoms in total. The summed E-state index contributed by atoms with van der Waals surface area (Å²) in [4.78, 5) is 6.74. The minimum absolute atomic E-state index is 0.167. The number of morpholine rings is 1. The Kier molecular flexibility index (Phi) is 6.18. The molecular formula is C25H29FN4O. The van der Waals surface area contributed by atoms with Crippen LogP contribution in [0.3, 0.4) is 0 Å². The number of nitrogens with zero attached hydrogens (tertiary/aromatic N) is 4. The van der Waals surface area contributed by atoms with Crippen molar-refractivity contribution < 1.29 is 9.13 Å². The van der Waals surface area contributed by atoms with Gasteiger partial charge in [-0.25, -0.2) is 9.37 Å². The Balaban J connectivity index is 1.47. The molecule has 1 aliphatic heterocycles. The standard InChI is InChI=1S/C25H29FN4O/c1-17-5-7-21(8-6-17)16-30-18(2)11-24(28-30)23(26)12-22-9-10-25(27-13-22)29-14-19(3)31-20(4)15-29/h5-13,19-20H,14-16H2,1-4H3. The lowest BCUT2D eigenvalue weighted by Crippen LogP contribution is -2.45. The molecule has 1 fully saturated rings. The summed E-state index contributed by atoms with van der Waals surface area (Å²) >= 11 is 0. The zero-order valence-corrected chi connectivity index (χ0v) is 18.5. The highest BCUT2D eigenvalue weighted by atomic mass is 19.1. The molecule has 6 heteroatoms. The summed E-state index contributed by atoms with van der Waals surface area (Å²) in [6.07, 6.45) is 3.52. The molecule has 0 N–H and O–H groups in total. The molecule has 3 heterocycles. The molecule has 1 saturated heterocycles. The first-order valence-corrected chi connectivity index (χ1v) is 10.7. The molecule has 1 aromatic carbocycles. The van der Waals surface area contributed by atoms with E-state index >= 15 is 0 Å². The van der Waals surface area contributed by atoms with Gasteiger partial charge in [0.2, 0.25) is 0 Å². The molecule has 2 unspecified atom stereocenters. The number of pyridine rings is 1. The van der Waals surface area contributed by atoms with Crippen LogP contribution in [0.1, 0.15) is 41.9 Å². The quantitative estimate of drug-likeness (QED) is 0.581. The Hall–Kier alpha value is -2.99. The van der Waals surface area contributed by atoms with Crippen molar-refractivity contribution in [1.82, 2.24) is 14.8 Å². The molecule has 0 aliphatic carbocycles. The molecule has 4 rings (SSSR count). The van der Waals surface area contributed by atoms with E-state index < -0.39 is 0 Å². The Labute approximate surface area is 183 Å². The van der Waals surface area contributed by atoms with Crippen LogP contribution in [0.15, 0.2) is 48.7 Å². The molecule has 162 valence electrons. The lowest BCUT2D eigenvalue weighted by Gasteiger charge is -2.36. The zero-order valence-electron chi connectivity index (χ0n) is 18.5. The SMILES string of the molecule is Cc1ccc(Cn2nc(C(F)=Cc3ccc(N4CC(C)OC(C)C4)nc3)cc2C)cc1. The molecule has 0 amide bonds. The summed E-state index contributed by atoms with van der Waals surface area (Å²) in [6, 6.07) is 13.9. The van der Waals surface area contributed by atoms with Gasteiger partial charge in [0, 0.05) is 25.0 Å². The summed E-state index contributed by atoms with van der Waals surface area (Å²) in [5.41, 5.74) is 4.32. The van der Waals surface area contributed by atoms with Gasteiger partial charge < -0.3 is 9.64 Å². The first-order chi connectivity index (χ1) is 14.9. The number of halogens is 1. The van der Waals surface area contributed by atoms with E-state index in [1.165, 1.54) is 11.6 Å². The summed E-state index contributed by atoms with van der Waals surface area (Å²) in [5.74, 6) is 0.520. The number of ether oxygens (including phenoxy) is 1. The van der Waals surface area contributed by atoms with Crippen LogP contribution in [0.25, 0.3) is 11.9 Å². The van der Waals surface area contributed by atoms with Gasteiger partial charge in [-0.15, -0.1) is 0 Å². The van der Waals surface area contributed by atoms with Crippen LogP contribution < -0.4 is 4.90 Å². The second-order valence-electron chi connectivity index (χ2n) is 8.42. The smallest absolute Gasteiger partial charge is 0.151 e. The average Bonchev–Trinajstić information content (AvgIpc) is 3.10. The maximum absolute atomic E-state index is 14.9. The number of hydrogen-bond acceptors (Lipinski definition) is 4. The van der Waals surface area contributed by atoms with Crippen molar-refractivity contribution in [3.05, 3.63) is 76.7 Å². The van der Waals surface area contributed by atoms with E-state index in [1.54, 1.807) is 12.3 Å². The normalized spacial score (nSPS) is 19.6. The number of aromatic nitrogens is 3. The lowest BCUT2D eigenvalue weighted by atomic mass is 10.1. The number of benzene rings is 1. The van der Waals surface area contributed by atoms with Crippen molar-refractivity contribution in [1.29, 1.82) is 0 Å². The van der Waals surface area contributed by atoms with Crippen molar-refractivity contribution in [3.63, 3.8) is 0 Å². The van der Waals surface area contributed by atoms with Crippen molar-refractivity contribution in [2.24, 2.45) is 0 Å². The lowest BCUT2D eigenvalue weighted by molar-refractivity contribution is -0.00545. The largest absolute Gasteiger partial charge is 0.372 e. The van der Waals surface area contributed by atoms with E-state index in [2.05, 4.69) is 60.0 Å². The molecule has 2 atom stereocenters. The van der Waals surface area contributed by atoms with Crippen LogP contribution in [0.5, 0.6) is 0 Å². The van der Waals surface area contributed by atoms with E-state index in [-0.39, 0.29) is 18.0 Å². The molecule has 0 radical (unpaired) electrons. The molecule has 1 aliphatic rings. The number of aryl methyl sites for hydroxylation is 2. The molecule has 31 heavy (non-hydrogen) atoms. The van der Waals surface area contributed by atoms with Gasteiger partial charge in [0.25, 0.3) is 0 Å². The third kappa shape index (κ3) is 5.20. The van der Waals surface area contributed by atoms with Crippen molar-refractivity contribution in [2.75, 3.05) is 18.0 Å².